The van der Waals surface area contributed by atoms with Gasteiger partial charge in [-0.05, 0) is 51.1 Å². The fourth-order valence-electron chi connectivity index (χ4n) is 3.46. The molecule has 1 rings (SSSR count). The predicted octanol–water partition coefficient (Wildman–Crippen LogP) is 4.17. The Hall–Kier alpha value is -0.570. The molecule has 118 valence electrons. The number of carboxylic acids is 1. The first-order valence-electron chi connectivity index (χ1n) is 8.60. The van der Waals surface area contributed by atoms with E-state index in [0.717, 1.165) is 38.3 Å². The van der Waals surface area contributed by atoms with E-state index in [1.807, 2.05) is 0 Å². The van der Waals surface area contributed by atoms with Crippen LogP contribution in [0.2, 0.25) is 0 Å². The summed E-state index contributed by atoms with van der Waals surface area (Å²) in [6.07, 6.45) is 8.98. The molecule has 0 aromatic heterocycles. The Morgan fingerprint density at radius 1 is 1.10 bits per heavy atom. The molecule has 3 atom stereocenters. The second-order valence-corrected chi connectivity index (χ2v) is 6.34. The number of nitrogens with zero attached hydrogens (tertiary/aromatic N) is 1. The number of hydrogen-bond donors (Lipinski definition) is 1. The lowest BCUT2D eigenvalue weighted by atomic mass is 9.76. The average molecular weight is 283 g/mol. The lowest BCUT2D eigenvalue weighted by molar-refractivity contribution is -0.146. The van der Waals surface area contributed by atoms with Gasteiger partial charge in [0.1, 0.15) is 0 Å². The zero-order valence-corrected chi connectivity index (χ0v) is 13.6. The van der Waals surface area contributed by atoms with Gasteiger partial charge in [0.15, 0.2) is 0 Å². The van der Waals surface area contributed by atoms with Crippen LogP contribution in [0.3, 0.4) is 0 Å². The Morgan fingerprint density at radius 3 is 2.15 bits per heavy atom. The van der Waals surface area contributed by atoms with Crippen molar-refractivity contribution in [2.45, 2.75) is 78.2 Å². The van der Waals surface area contributed by atoms with Crippen LogP contribution in [-0.4, -0.2) is 35.1 Å². The van der Waals surface area contributed by atoms with Gasteiger partial charge in [-0.25, -0.2) is 0 Å². The van der Waals surface area contributed by atoms with E-state index in [1.54, 1.807) is 0 Å². The normalized spacial score (nSPS) is 26.9. The number of aliphatic carboxylic acids is 1. The fourth-order valence-corrected chi connectivity index (χ4v) is 3.46. The summed E-state index contributed by atoms with van der Waals surface area (Å²) in [5.74, 6) is -0.00425. The molecule has 1 fully saturated rings. The molecule has 20 heavy (non-hydrogen) atoms. The second kappa shape index (κ2) is 9.38. The molecule has 0 heterocycles. The van der Waals surface area contributed by atoms with Crippen LogP contribution in [0, 0.1) is 11.8 Å². The Kier molecular flexibility index (Phi) is 8.20. The highest BCUT2D eigenvalue weighted by Gasteiger charge is 2.37. The van der Waals surface area contributed by atoms with Crippen molar-refractivity contribution in [3.63, 3.8) is 0 Å². The maximum absolute atomic E-state index is 11.6. The molecule has 3 heteroatoms. The topological polar surface area (TPSA) is 40.5 Å². The predicted molar refractivity (Wildman–Crippen MR) is 83.9 cm³/mol. The molecule has 0 bridgehead atoms. The van der Waals surface area contributed by atoms with Crippen molar-refractivity contribution < 1.29 is 9.90 Å². The second-order valence-electron chi connectivity index (χ2n) is 6.34. The summed E-state index contributed by atoms with van der Waals surface area (Å²) >= 11 is 0. The van der Waals surface area contributed by atoms with Crippen molar-refractivity contribution in [1.29, 1.82) is 0 Å². The standard InChI is InChI=1S/C17H33NO2/c1-4-7-11-18(12-8-5-2)16-13-14(6-3)9-10-15(16)17(19)20/h14-16H,4-13H2,1-3H3,(H,19,20). The van der Waals surface area contributed by atoms with Crippen LogP contribution in [0.4, 0.5) is 0 Å². The van der Waals surface area contributed by atoms with E-state index in [-0.39, 0.29) is 12.0 Å². The van der Waals surface area contributed by atoms with E-state index in [9.17, 15) is 9.90 Å². The molecule has 1 aliphatic rings. The maximum atomic E-state index is 11.6. The van der Waals surface area contributed by atoms with E-state index in [1.165, 1.54) is 32.1 Å². The van der Waals surface area contributed by atoms with Crippen LogP contribution in [0.1, 0.15) is 72.1 Å². The zero-order chi connectivity index (χ0) is 15.0. The third kappa shape index (κ3) is 5.08. The molecule has 1 saturated carbocycles. The molecule has 0 aromatic carbocycles. The van der Waals surface area contributed by atoms with Gasteiger partial charge in [-0.15, -0.1) is 0 Å². The molecule has 1 aliphatic carbocycles. The number of carbonyl (C=O) groups is 1. The third-order valence-corrected chi connectivity index (χ3v) is 4.89. The monoisotopic (exact) mass is 283 g/mol. The largest absolute Gasteiger partial charge is 0.481 e. The van der Waals surface area contributed by atoms with E-state index in [4.69, 9.17) is 0 Å². The maximum Gasteiger partial charge on any atom is 0.308 e. The molecule has 0 amide bonds. The Labute approximate surface area is 124 Å². The van der Waals surface area contributed by atoms with Gasteiger partial charge < -0.3 is 5.11 Å². The highest BCUT2D eigenvalue weighted by molar-refractivity contribution is 5.71. The highest BCUT2D eigenvalue weighted by atomic mass is 16.4. The van der Waals surface area contributed by atoms with Crippen molar-refractivity contribution in [3.8, 4) is 0 Å². The SMILES string of the molecule is CCCCN(CCCC)C1CC(CC)CCC1C(=O)O. The van der Waals surface area contributed by atoms with Gasteiger partial charge in [0.25, 0.3) is 0 Å². The Bertz CT molecular complexity index is 272. The summed E-state index contributed by atoms with van der Waals surface area (Å²) in [6, 6.07) is 0.268. The summed E-state index contributed by atoms with van der Waals surface area (Å²) < 4.78 is 0. The first-order chi connectivity index (χ1) is 9.63. The Balaban J connectivity index is 2.75. The number of rotatable bonds is 9. The highest BCUT2D eigenvalue weighted by Crippen LogP contribution is 2.34. The smallest absolute Gasteiger partial charge is 0.308 e. The summed E-state index contributed by atoms with van der Waals surface area (Å²) in [5.41, 5.74) is 0. The van der Waals surface area contributed by atoms with Gasteiger partial charge in [0.05, 0.1) is 5.92 Å². The summed E-state index contributed by atoms with van der Waals surface area (Å²) in [4.78, 5) is 14.1. The average Bonchev–Trinajstić information content (AvgIpc) is 2.46. The van der Waals surface area contributed by atoms with Crippen molar-refractivity contribution in [2.75, 3.05) is 13.1 Å². The quantitative estimate of drug-likeness (QED) is 0.690. The van der Waals surface area contributed by atoms with Crippen molar-refractivity contribution >= 4 is 5.97 Å². The van der Waals surface area contributed by atoms with E-state index in [0.29, 0.717) is 0 Å². The van der Waals surface area contributed by atoms with Gasteiger partial charge in [0, 0.05) is 6.04 Å². The third-order valence-electron chi connectivity index (χ3n) is 4.89. The van der Waals surface area contributed by atoms with Crippen LogP contribution in [0.5, 0.6) is 0 Å². The van der Waals surface area contributed by atoms with Crippen LogP contribution in [-0.2, 0) is 4.79 Å². The minimum atomic E-state index is -0.581. The molecule has 0 radical (unpaired) electrons. The summed E-state index contributed by atoms with van der Waals surface area (Å²) in [5, 5.41) is 9.54. The molecular formula is C17H33NO2. The van der Waals surface area contributed by atoms with Gasteiger partial charge in [-0.3, -0.25) is 9.69 Å². The molecule has 0 saturated heterocycles. The van der Waals surface area contributed by atoms with Crippen LogP contribution in [0.25, 0.3) is 0 Å². The molecule has 3 nitrogen and oxygen atoms in total. The number of carboxylic acid groups (broad SMARTS) is 1. The molecule has 0 aromatic rings. The first kappa shape index (κ1) is 17.5. The molecular weight excluding hydrogens is 250 g/mol. The van der Waals surface area contributed by atoms with Crippen molar-refractivity contribution in [3.05, 3.63) is 0 Å². The minimum Gasteiger partial charge on any atom is -0.481 e. The Morgan fingerprint density at radius 2 is 1.70 bits per heavy atom. The van der Waals surface area contributed by atoms with E-state index >= 15 is 0 Å². The van der Waals surface area contributed by atoms with Crippen LogP contribution < -0.4 is 0 Å². The van der Waals surface area contributed by atoms with Gasteiger partial charge >= 0.3 is 5.97 Å². The lowest BCUT2D eigenvalue weighted by Gasteiger charge is -2.41. The molecule has 3 unspecified atom stereocenters. The van der Waals surface area contributed by atoms with E-state index < -0.39 is 5.97 Å². The van der Waals surface area contributed by atoms with Gasteiger partial charge in [-0.2, -0.15) is 0 Å². The van der Waals surface area contributed by atoms with Crippen LogP contribution in [0.15, 0.2) is 0 Å². The zero-order valence-electron chi connectivity index (χ0n) is 13.6. The van der Waals surface area contributed by atoms with Crippen molar-refractivity contribution in [2.24, 2.45) is 11.8 Å². The van der Waals surface area contributed by atoms with Gasteiger partial charge in [-0.1, -0.05) is 40.0 Å². The van der Waals surface area contributed by atoms with Crippen molar-refractivity contribution in [1.82, 2.24) is 4.90 Å². The van der Waals surface area contributed by atoms with E-state index in [2.05, 4.69) is 25.7 Å². The molecule has 0 spiro atoms. The van der Waals surface area contributed by atoms with Gasteiger partial charge in [0.2, 0.25) is 0 Å². The van der Waals surface area contributed by atoms with Crippen LogP contribution >= 0.6 is 0 Å². The summed E-state index contributed by atoms with van der Waals surface area (Å²) in [6.45, 7) is 8.80. The minimum absolute atomic E-state index is 0.147. The molecule has 0 aliphatic heterocycles. The fraction of sp³-hybridized carbons (Fsp3) is 0.941. The first-order valence-corrected chi connectivity index (χ1v) is 8.60. The molecule has 1 N–H and O–H groups in total. The number of hydrogen-bond acceptors (Lipinski definition) is 2. The number of unbranched alkanes of at least 4 members (excludes halogenated alkanes) is 2. The lowest BCUT2D eigenvalue weighted by Crippen LogP contribution is -2.48. The summed E-state index contributed by atoms with van der Waals surface area (Å²) in [7, 11) is 0.